The lowest BCUT2D eigenvalue weighted by atomic mass is 9.81. The SMILES string of the molecule is COc1ccc([C@@H]2c3c(C)nn(-c4ccc(C)cc4)c3NC(=O)[C@@H]2NC(=O)c2ccccc2)cc1F. The van der Waals surface area contributed by atoms with E-state index in [0.29, 0.717) is 28.2 Å². The van der Waals surface area contributed by atoms with Gasteiger partial charge in [-0.15, -0.1) is 0 Å². The molecule has 2 N–H and O–H groups in total. The van der Waals surface area contributed by atoms with Gasteiger partial charge < -0.3 is 15.4 Å². The number of hydrogen-bond donors (Lipinski definition) is 2. The van der Waals surface area contributed by atoms with Gasteiger partial charge in [-0.2, -0.15) is 5.10 Å². The minimum absolute atomic E-state index is 0.0937. The molecule has 0 aliphatic carbocycles. The molecule has 0 radical (unpaired) electrons. The van der Waals surface area contributed by atoms with Crippen molar-refractivity contribution in [2.45, 2.75) is 25.8 Å². The number of hydrogen-bond acceptors (Lipinski definition) is 4. The predicted molar refractivity (Wildman–Crippen MR) is 134 cm³/mol. The quantitative estimate of drug-likeness (QED) is 0.436. The lowest BCUT2D eigenvalue weighted by Gasteiger charge is -2.33. The van der Waals surface area contributed by atoms with Gasteiger partial charge in [0.25, 0.3) is 5.91 Å². The van der Waals surface area contributed by atoms with Crippen LogP contribution in [-0.2, 0) is 4.79 Å². The van der Waals surface area contributed by atoms with Gasteiger partial charge >= 0.3 is 0 Å². The Bertz CT molecular complexity index is 1450. The van der Waals surface area contributed by atoms with E-state index in [1.807, 2.05) is 44.2 Å². The van der Waals surface area contributed by atoms with Crippen molar-refractivity contribution in [3.8, 4) is 11.4 Å². The van der Waals surface area contributed by atoms with Gasteiger partial charge in [0.15, 0.2) is 11.6 Å². The van der Waals surface area contributed by atoms with Gasteiger partial charge in [0, 0.05) is 17.0 Å². The number of methoxy groups -OCH3 is 1. The molecule has 3 aromatic carbocycles. The summed E-state index contributed by atoms with van der Waals surface area (Å²) in [5.41, 5.74) is 4.17. The molecule has 2 atom stereocenters. The summed E-state index contributed by atoms with van der Waals surface area (Å²) in [6.45, 7) is 3.83. The van der Waals surface area contributed by atoms with Crippen LogP contribution in [0.5, 0.6) is 5.75 Å². The number of ether oxygens (including phenoxy) is 1. The highest BCUT2D eigenvalue weighted by molar-refractivity contribution is 6.04. The van der Waals surface area contributed by atoms with E-state index in [-0.39, 0.29) is 5.75 Å². The van der Waals surface area contributed by atoms with Crippen LogP contribution in [0.1, 0.15) is 38.7 Å². The summed E-state index contributed by atoms with van der Waals surface area (Å²) in [6.07, 6.45) is 0. The largest absolute Gasteiger partial charge is 0.494 e. The molecule has 182 valence electrons. The molecular formula is C28H25FN4O3. The van der Waals surface area contributed by atoms with Crippen molar-refractivity contribution in [1.29, 1.82) is 0 Å². The van der Waals surface area contributed by atoms with Crippen molar-refractivity contribution in [3.63, 3.8) is 0 Å². The number of nitrogens with one attached hydrogen (secondary N) is 2. The zero-order chi connectivity index (χ0) is 25.4. The Kier molecular flexibility index (Phi) is 6.01. The third-order valence-corrected chi connectivity index (χ3v) is 6.41. The maximum absolute atomic E-state index is 14.8. The molecule has 8 heteroatoms. The lowest BCUT2D eigenvalue weighted by molar-refractivity contribution is -0.118. The Hall–Kier alpha value is -4.46. The van der Waals surface area contributed by atoms with Gasteiger partial charge in [-0.05, 0) is 55.8 Å². The van der Waals surface area contributed by atoms with Crippen molar-refractivity contribution < 1.29 is 18.7 Å². The summed E-state index contributed by atoms with van der Waals surface area (Å²) in [7, 11) is 1.39. The number of halogens is 1. The Labute approximate surface area is 207 Å². The molecule has 2 amide bonds. The van der Waals surface area contributed by atoms with Crippen molar-refractivity contribution in [3.05, 3.63) is 107 Å². The number of benzene rings is 3. The van der Waals surface area contributed by atoms with Crippen LogP contribution < -0.4 is 15.4 Å². The zero-order valence-corrected chi connectivity index (χ0v) is 20.1. The molecule has 0 saturated carbocycles. The zero-order valence-electron chi connectivity index (χ0n) is 20.1. The average Bonchev–Trinajstić information content (AvgIpc) is 3.20. The molecule has 36 heavy (non-hydrogen) atoms. The van der Waals surface area contributed by atoms with Crippen LogP contribution in [-0.4, -0.2) is 34.7 Å². The number of nitrogens with zero attached hydrogens (tertiary/aromatic N) is 2. The minimum Gasteiger partial charge on any atom is -0.494 e. The summed E-state index contributed by atoms with van der Waals surface area (Å²) in [5.74, 6) is -1.47. The first kappa shape index (κ1) is 23.3. The Morgan fingerprint density at radius 3 is 2.44 bits per heavy atom. The fraction of sp³-hybridized carbons (Fsp3) is 0.179. The van der Waals surface area contributed by atoms with Crippen molar-refractivity contribution in [2.75, 3.05) is 12.4 Å². The smallest absolute Gasteiger partial charge is 0.251 e. The standard InChI is InChI=1S/C28H25FN4O3/c1-16-9-12-20(13-10-16)33-26-23(17(2)32-33)24(19-11-14-22(36-3)21(29)15-19)25(28(35)31-26)30-27(34)18-7-5-4-6-8-18/h4-15,24-25H,1-3H3,(H,30,34)(H,31,35)/t24-,25-/m1/s1. The molecule has 1 aliphatic rings. The predicted octanol–water partition coefficient (Wildman–Crippen LogP) is 4.52. The number of amides is 2. The maximum Gasteiger partial charge on any atom is 0.251 e. The van der Waals surface area contributed by atoms with E-state index in [9.17, 15) is 14.0 Å². The molecule has 7 nitrogen and oxygen atoms in total. The minimum atomic E-state index is -0.993. The average molecular weight is 485 g/mol. The van der Waals surface area contributed by atoms with E-state index in [1.54, 1.807) is 35.0 Å². The van der Waals surface area contributed by atoms with Crippen molar-refractivity contribution in [2.24, 2.45) is 0 Å². The van der Waals surface area contributed by atoms with Crippen LogP contribution >= 0.6 is 0 Å². The summed E-state index contributed by atoms with van der Waals surface area (Å²) < 4.78 is 21.6. The van der Waals surface area contributed by atoms with Gasteiger partial charge in [0.2, 0.25) is 5.91 Å². The molecule has 0 spiro atoms. The lowest BCUT2D eigenvalue weighted by Crippen LogP contribution is -2.50. The molecule has 1 aliphatic heterocycles. The van der Waals surface area contributed by atoms with E-state index >= 15 is 0 Å². The Balaban J connectivity index is 1.64. The third kappa shape index (κ3) is 4.11. The second-order valence-corrected chi connectivity index (χ2v) is 8.77. The first-order valence-electron chi connectivity index (χ1n) is 11.5. The normalized spacial score (nSPS) is 16.7. The maximum atomic E-state index is 14.8. The highest BCUT2D eigenvalue weighted by Crippen LogP contribution is 2.41. The van der Waals surface area contributed by atoms with E-state index in [0.717, 1.165) is 11.3 Å². The van der Waals surface area contributed by atoms with Crippen LogP contribution in [0.2, 0.25) is 0 Å². The van der Waals surface area contributed by atoms with E-state index in [1.165, 1.54) is 19.2 Å². The molecule has 1 aromatic heterocycles. The fourth-order valence-electron chi connectivity index (χ4n) is 4.62. The number of aromatic nitrogens is 2. The molecule has 0 bridgehead atoms. The number of rotatable bonds is 5. The second-order valence-electron chi connectivity index (χ2n) is 8.77. The number of carbonyl (C=O) groups excluding carboxylic acids is 2. The van der Waals surface area contributed by atoms with E-state index in [4.69, 9.17) is 9.84 Å². The number of anilines is 1. The second kappa shape index (κ2) is 9.30. The molecule has 0 fully saturated rings. The van der Waals surface area contributed by atoms with Crippen LogP contribution in [0.4, 0.5) is 10.2 Å². The molecular weight excluding hydrogens is 459 g/mol. The summed E-state index contributed by atoms with van der Waals surface area (Å²) in [6, 6.07) is 20.0. The van der Waals surface area contributed by atoms with Gasteiger partial charge in [-0.25, -0.2) is 9.07 Å². The molecule has 5 rings (SSSR count). The molecule has 2 heterocycles. The van der Waals surface area contributed by atoms with Crippen molar-refractivity contribution in [1.82, 2.24) is 15.1 Å². The molecule has 0 saturated heterocycles. The Morgan fingerprint density at radius 1 is 1.06 bits per heavy atom. The summed E-state index contributed by atoms with van der Waals surface area (Å²) in [4.78, 5) is 26.5. The van der Waals surface area contributed by atoms with Gasteiger partial charge in [0.05, 0.1) is 18.5 Å². The molecule has 0 unspecified atom stereocenters. The summed E-state index contributed by atoms with van der Waals surface area (Å²) in [5, 5.41) is 10.5. The van der Waals surface area contributed by atoms with E-state index < -0.39 is 29.6 Å². The van der Waals surface area contributed by atoms with Crippen LogP contribution in [0.3, 0.4) is 0 Å². The highest BCUT2D eigenvalue weighted by Gasteiger charge is 2.42. The first-order valence-corrected chi connectivity index (χ1v) is 11.5. The number of fused-ring (bicyclic) bond motifs is 1. The van der Waals surface area contributed by atoms with Gasteiger partial charge in [0.1, 0.15) is 11.9 Å². The monoisotopic (exact) mass is 484 g/mol. The van der Waals surface area contributed by atoms with Crippen LogP contribution in [0.15, 0.2) is 72.8 Å². The van der Waals surface area contributed by atoms with Crippen LogP contribution in [0.25, 0.3) is 5.69 Å². The highest BCUT2D eigenvalue weighted by atomic mass is 19.1. The van der Waals surface area contributed by atoms with Gasteiger partial charge in [-0.3, -0.25) is 9.59 Å². The van der Waals surface area contributed by atoms with E-state index in [2.05, 4.69) is 10.6 Å². The fourth-order valence-corrected chi connectivity index (χ4v) is 4.62. The summed E-state index contributed by atoms with van der Waals surface area (Å²) >= 11 is 0. The van der Waals surface area contributed by atoms with Crippen LogP contribution in [0, 0.1) is 19.7 Å². The number of carbonyl (C=O) groups is 2. The third-order valence-electron chi connectivity index (χ3n) is 6.41. The van der Waals surface area contributed by atoms with Crippen molar-refractivity contribution >= 4 is 17.6 Å². The first-order chi connectivity index (χ1) is 17.4. The number of aryl methyl sites for hydroxylation is 2. The topological polar surface area (TPSA) is 85.2 Å². The Morgan fingerprint density at radius 2 is 1.78 bits per heavy atom. The molecule has 4 aromatic rings. The van der Waals surface area contributed by atoms with Gasteiger partial charge in [-0.1, -0.05) is 42.0 Å².